The van der Waals surface area contributed by atoms with Gasteiger partial charge >= 0.3 is 0 Å². The van der Waals surface area contributed by atoms with E-state index in [2.05, 4.69) is 98.8 Å². The van der Waals surface area contributed by atoms with Crippen LogP contribution in [0.5, 0.6) is 23.0 Å². The normalized spacial score (nSPS) is 12.4. The number of ether oxygens (including phenoxy) is 2. The number of hydrogen-bond donors (Lipinski definition) is 4. The Morgan fingerprint density at radius 2 is 0.729 bits per heavy atom. The molecule has 464 valence electrons. The van der Waals surface area contributed by atoms with E-state index in [0.717, 1.165) is 135 Å². The molecule has 0 aromatic heterocycles. The topological polar surface area (TPSA) is 116 Å². The van der Waals surface area contributed by atoms with Gasteiger partial charge in [0.05, 0.1) is 13.2 Å². The van der Waals surface area contributed by atoms with Crippen LogP contribution in [0.3, 0.4) is 0 Å². The summed E-state index contributed by atoms with van der Waals surface area (Å²) in [5.74, 6) is 0.0257. The number of benzene rings is 6. The number of halogens is 4. The van der Waals surface area contributed by atoms with E-state index in [1.54, 1.807) is 24.3 Å². The molecule has 85 heavy (non-hydrogen) atoms. The average molecular weight is 1210 g/mol. The highest BCUT2D eigenvalue weighted by molar-refractivity contribution is 7.99. The van der Waals surface area contributed by atoms with Crippen molar-refractivity contribution in [1.29, 1.82) is 0 Å². The highest BCUT2D eigenvalue weighted by Crippen LogP contribution is 2.38. The van der Waals surface area contributed by atoms with Crippen molar-refractivity contribution < 1.29 is 52.0 Å². The monoisotopic (exact) mass is 1210 g/mol. The summed E-state index contributed by atoms with van der Waals surface area (Å²) in [4.78, 5) is 0. The SMILES string of the molecule is CC/C(=C(\c1ccc(O)cc1)c1ccc(OCCCCCCCCCS(=O)CCCC(C)(F)F)cc1)c1ccccc1.CC/C(=C(\c1ccc(O)cc1)c1ccc(OCCCCCCCCCSCCCC(C)(F)F)cc1)c1ccccc1.OO. The van der Waals surface area contributed by atoms with Crippen LogP contribution in [0, 0.1) is 0 Å². The van der Waals surface area contributed by atoms with Crippen LogP contribution in [0.4, 0.5) is 17.6 Å². The molecule has 6 aromatic carbocycles. The first-order valence-electron chi connectivity index (χ1n) is 30.6. The van der Waals surface area contributed by atoms with E-state index in [1.165, 1.54) is 66.4 Å². The molecule has 7 nitrogen and oxygen atoms in total. The molecule has 6 rings (SSSR count). The van der Waals surface area contributed by atoms with Gasteiger partial charge in [-0.05, 0) is 181 Å². The number of aromatic hydroxyl groups is 2. The maximum Gasteiger partial charge on any atom is 0.245 e. The Morgan fingerprint density at radius 1 is 0.412 bits per heavy atom. The number of thioether (sulfide) groups is 1. The van der Waals surface area contributed by atoms with Gasteiger partial charge in [-0.1, -0.05) is 187 Å². The molecule has 4 N–H and O–H groups in total. The molecule has 0 amide bonds. The van der Waals surface area contributed by atoms with E-state index >= 15 is 0 Å². The molecule has 1 atom stereocenters. The first-order valence-corrected chi connectivity index (χ1v) is 33.3. The molecule has 0 saturated heterocycles. The van der Waals surface area contributed by atoms with Gasteiger partial charge < -0.3 is 19.7 Å². The Labute approximate surface area is 512 Å². The van der Waals surface area contributed by atoms with Crippen molar-refractivity contribution in [3.63, 3.8) is 0 Å². The van der Waals surface area contributed by atoms with E-state index in [1.807, 2.05) is 60.3 Å². The van der Waals surface area contributed by atoms with Crippen molar-refractivity contribution in [3.05, 3.63) is 191 Å². The van der Waals surface area contributed by atoms with E-state index in [4.69, 9.17) is 20.0 Å². The summed E-state index contributed by atoms with van der Waals surface area (Å²) in [7, 11) is -0.973. The summed E-state index contributed by atoms with van der Waals surface area (Å²) >= 11 is 1.81. The zero-order valence-corrected chi connectivity index (χ0v) is 52.4. The van der Waals surface area contributed by atoms with Gasteiger partial charge in [-0.25, -0.2) is 17.6 Å². The lowest BCUT2D eigenvalue weighted by Crippen LogP contribution is -2.12. The molecule has 0 radical (unpaired) electrons. The third-order valence-electron chi connectivity index (χ3n) is 14.5. The maximum absolute atomic E-state index is 12.8. The fraction of sp³-hybridized carbons (Fsp3) is 0.444. The highest BCUT2D eigenvalue weighted by Gasteiger charge is 2.21. The van der Waals surface area contributed by atoms with Gasteiger partial charge in [-0.15, -0.1) is 0 Å². The largest absolute Gasteiger partial charge is 0.508 e. The highest BCUT2D eigenvalue weighted by atomic mass is 32.2. The number of allylic oxidation sites excluding steroid dienone is 2. The third kappa shape index (κ3) is 29.4. The summed E-state index contributed by atoms with van der Waals surface area (Å²) in [6.07, 6.45) is 18.3. The van der Waals surface area contributed by atoms with E-state index in [0.29, 0.717) is 31.0 Å². The molecule has 0 heterocycles. The predicted octanol–water partition coefficient (Wildman–Crippen LogP) is 21.1. The van der Waals surface area contributed by atoms with Gasteiger partial charge in [0.2, 0.25) is 11.8 Å². The molecule has 0 aliphatic rings. The molecule has 13 heteroatoms. The van der Waals surface area contributed by atoms with Crippen LogP contribution in [0.1, 0.15) is 189 Å². The van der Waals surface area contributed by atoms with E-state index in [-0.39, 0.29) is 24.3 Å². The standard InChI is InChI=1S/C36H46F2O3S.C36H46F2O2S.H2O2/c1-3-34(29-15-10-9-11-16-29)35(30-17-21-32(39)22-18-30)31-19-23-33(24-20-31)41-26-12-7-5-4-6-8-13-27-42(40)28-14-25-36(2,37)38;1-3-34(29-15-10-9-11-16-29)35(30-17-21-32(39)22-18-30)31-19-23-33(24-20-31)40-26-12-7-5-4-6-8-13-27-41-28-14-25-36(2,37)38;1-2/h9-11,15-24,39H,3-8,12-14,25-28H2,1-2H3;9-11,15-24,39H,3-8,12-14,25-28H2,1-2H3;1-2H/b2*35-34-;. The first-order chi connectivity index (χ1) is 41.1. The summed E-state index contributed by atoms with van der Waals surface area (Å²) in [5, 5.41) is 31.7. The fourth-order valence-corrected chi connectivity index (χ4v) is 12.3. The minimum absolute atomic E-state index is 0.00285. The third-order valence-corrected chi connectivity index (χ3v) is 17.2. The molecule has 0 aliphatic carbocycles. The summed E-state index contributed by atoms with van der Waals surface area (Å²) in [6.45, 7) is 7.68. The Balaban J connectivity index is 0.000000354. The van der Waals surface area contributed by atoms with E-state index in [9.17, 15) is 32.0 Å². The van der Waals surface area contributed by atoms with Gasteiger partial charge in [0.1, 0.15) is 23.0 Å². The van der Waals surface area contributed by atoms with Gasteiger partial charge in [-0.2, -0.15) is 11.8 Å². The van der Waals surface area contributed by atoms with Crippen molar-refractivity contribution in [1.82, 2.24) is 0 Å². The second-order valence-electron chi connectivity index (χ2n) is 21.7. The van der Waals surface area contributed by atoms with Crippen LogP contribution in [-0.2, 0) is 10.8 Å². The van der Waals surface area contributed by atoms with Crippen molar-refractivity contribution >= 4 is 44.9 Å². The van der Waals surface area contributed by atoms with Gasteiger partial charge in [0.15, 0.2) is 0 Å². The zero-order valence-electron chi connectivity index (χ0n) is 50.7. The molecule has 6 aromatic rings. The second kappa shape index (κ2) is 41.3. The van der Waals surface area contributed by atoms with Gasteiger partial charge in [-0.3, -0.25) is 14.7 Å². The molecule has 0 spiro atoms. The number of hydrogen-bond acceptors (Lipinski definition) is 8. The van der Waals surface area contributed by atoms with Crippen LogP contribution in [-0.4, -0.2) is 73.0 Å². The number of unbranched alkanes of at least 4 members (excludes halogenated alkanes) is 12. The fourth-order valence-electron chi connectivity index (χ4n) is 10.1. The van der Waals surface area contributed by atoms with Gasteiger partial charge in [0.25, 0.3) is 0 Å². The smallest absolute Gasteiger partial charge is 0.245 e. The minimum Gasteiger partial charge on any atom is -0.508 e. The van der Waals surface area contributed by atoms with E-state index < -0.39 is 22.6 Å². The summed E-state index contributed by atoms with van der Waals surface area (Å²) < 4.78 is 75.3. The average Bonchev–Trinajstić information content (AvgIpc) is 3.68. The van der Waals surface area contributed by atoms with Crippen molar-refractivity contribution in [2.24, 2.45) is 0 Å². The lowest BCUT2D eigenvalue weighted by Gasteiger charge is -2.17. The predicted molar refractivity (Wildman–Crippen MR) is 350 cm³/mol. The Morgan fingerprint density at radius 3 is 1.11 bits per heavy atom. The Bertz CT molecular complexity index is 2780. The summed E-state index contributed by atoms with van der Waals surface area (Å²) in [5.41, 5.74) is 11.6. The van der Waals surface area contributed by atoms with Crippen LogP contribution in [0.2, 0.25) is 0 Å². The zero-order chi connectivity index (χ0) is 61.6. The lowest BCUT2D eigenvalue weighted by molar-refractivity contribution is -0.176. The van der Waals surface area contributed by atoms with Crippen LogP contribution < -0.4 is 9.47 Å². The van der Waals surface area contributed by atoms with Gasteiger partial charge in [0, 0.05) is 35.1 Å². The first kappa shape index (κ1) is 71.6. The number of rotatable bonds is 38. The molecule has 0 fully saturated rings. The number of phenols is 2. The summed E-state index contributed by atoms with van der Waals surface area (Å²) in [6, 6.07) is 52.4. The van der Waals surface area contributed by atoms with Crippen molar-refractivity contribution in [2.75, 3.05) is 36.2 Å². The van der Waals surface area contributed by atoms with Crippen LogP contribution in [0.25, 0.3) is 22.3 Å². The molecular formula is C72H94F4O7S2. The van der Waals surface area contributed by atoms with Crippen LogP contribution in [0.15, 0.2) is 158 Å². The second-order valence-corrected chi connectivity index (χ2v) is 24.7. The number of phenolic OH excluding ortho intramolecular Hbond substituents is 2. The molecular weight excluding hydrogens is 1120 g/mol. The Hall–Kier alpha value is -5.86. The number of alkyl halides is 4. The minimum atomic E-state index is -2.65. The molecule has 0 aliphatic heterocycles. The quantitative estimate of drug-likeness (QED) is 0.00996. The molecule has 0 bridgehead atoms. The van der Waals surface area contributed by atoms with Crippen LogP contribution >= 0.6 is 11.8 Å². The lowest BCUT2D eigenvalue weighted by atomic mass is 9.88. The Kier molecular flexibility index (Phi) is 34.8. The maximum atomic E-state index is 12.8. The molecule has 0 saturated carbocycles. The molecule has 1 unspecified atom stereocenters. The van der Waals surface area contributed by atoms with Crippen molar-refractivity contribution in [2.45, 2.75) is 168 Å². The van der Waals surface area contributed by atoms with Crippen molar-refractivity contribution in [3.8, 4) is 23.0 Å².